The second-order valence-corrected chi connectivity index (χ2v) is 5.14. The number of benzene rings is 1. The van der Waals surface area contributed by atoms with Crippen molar-refractivity contribution in [2.45, 2.75) is 19.4 Å². The zero-order chi connectivity index (χ0) is 12.3. The van der Waals surface area contributed by atoms with Gasteiger partial charge in [0.1, 0.15) is 0 Å². The van der Waals surface area contributed by atoms with E-state index in [1.165, 1.54) is 6.07 Å². The van der Waals surface area contributed by atoms with Crippen molar-refractivity contribution in [2.75, 3.05) is 6.54 Å². The van der Waals surface area contributed by atoms with E-state index in [2.05, 4.69) is 5.32 Å². The number of rotatable bonds is 3. The third-order valence-corrected chi connectivity index (χ3v) is 2.43. The van der Waals surface area contributed by atoms with Crippen LogP contribution in [-0.4, -0.2) is 18.0 Å². The first-order valence-corrected chi connectivity index (χ1v) is 5.57. The van der Waals surface area contributed by atoms with Crippen LogP contribution in [0.2, 0.25) is 10.0 Å². The molecule has 0 saturated carbocycles. The van der Waals surface area contributed by atoms with Crippen LogP contribution in [0.3, 0.4) is 0 Å². The Hall–Kier alpha value is -0.770. The van der Waals surface area contributed by atoms with Gasteiger partial charge in [-0.3, -0.25) is 4.79 Å². The van der Waals surface area contributed by atoms with Gasteiger partial charge >= 0.3 is 0 Å². The van der Waals surface area contributed by atoms with E-state index in [9.17, 15) is 4.79 Å². The predicted molar refractivity (Wildman–Crippen MR) is 67.1 cm³/mol. The van der Waals surface area contributed by atoms with Crippen LogP contribution in [0.1, 0.15) is 24.2 Å². The van der Waals surface area contributed by atoms with Crippen molar-refractivity contribution in [1.29, 1.82) is 0 Å². The highest BCUT2D eigenvalue weighted by Gasteiger charge is 2.15. The molecule has 1 rings (SSSR count). The van der Waals surface area contributed by atoms with Crippen LogP contribution in [-0.2, 0) is 0 Å². The molecule has 0 saturated heterocycles. The molecule has 0 radical (unpaired) electrons. The van der Waals surface area contributed by atoms with Gasteiger partial charge in [0, 0.05) is 17.1 Å². The van der Waals surface area contributed by atoms with Crippen LogP contribution >= 0.6 is 23.2 Å². The lowest BCUT2D eigenvalue weighted by molar-refractivity contribution is 0.0946. The fourth-order valence-electron chi connectivity index (χ4n) is 1.08. The van der Waals surface area contributed by atoms with Crippen molar-refractivity contribution in [3.63, 3.8) is 0 Å². The van der Waals surface area contributed by atoms with E-state index in [1.807, 2.05) is 13.8 Å². The summed E-state index contributed by atoms with van der Waals surface area (Å²) < 4.78 is 0. The predicted octanol–water partition coefficient (Wildman–Crippen LogP) is 2.46. The topological polar surface area (TPSA) is 55.1 Å². The number of hydrogen-bond acceptors (Lipinski definition) is 2. The first-order chi connectivity index (χ1) is 7.29. The Morgan fingerprint density at radius 3 is 2.56 bits per heavy atom. The number of carbonyl (C=O) groups is 1. The summed E-state index contributed by atoms with van der Waals surface area (Å²) in [5, 5.41) is 3.54. The maximum atomic E-state index is 11.7. The van der Waals surface area contributed by atoms with Gasteiger partial charge in [-0.15, -0.1) is 0 Å². The van der Waals surface area contributed by atoms with Crippen LogP contribution in [0.5, 0.6) is 0 Å². The first kappa shape index (κ1) is 13.3. The van der Waals surface area contributed by atoms with Crippen LogP contribution in [0.15, 0.2) is 18.2 Å². The second kappa shape index (κ2) is 5.04. The molecule has 0 aliphatic heterocycles. The third-order valence-electron chi connectivity index (χ3n) is 1.88. The van der Waals surface area contributed by atoms with Crippen LogP contribution in [0, 0.1) is 0 Å². The van der Waals surface area contributed by atoms with Crippen LogP contribution in [0.25, 0.3) is 0 Å². The van der Waals surface area contributed by atoms with Crippen LogP contribution in [0.4, 0.5) is 0 Å². The number of carbonyl (C=O) groups excluding carboxylic acids is 1. The van der Waals surface area contributed by atoms with Gasteiger partial charge in [0.25, 0.3) is 5.91 Å². The lowest BCUT2D eigenvalue weighted by Crippen LogP contribution is -2.45. The monoisotopic (exact) mass is 260 g/mol. The minimum atomic E-state index is -0.450. The average molecular weight is 261 g/mol. The van der Waals surface area contributed by atoms with Crippen molar-refractivity contribution in [1.82, 2.24) is 5.32 Å². The quantitative estimate of drug-likeness (QED) is 0.878. The molecule has 0 aromatic heterocycles. The van der Waals surface area contributed by atoms with Gasteiger partial charge in [-0.1, -0.05) is 23.2 Å². The number of nitrogens with two attached hydrogens (primary N) is 1. The summed E-state index contributed by atoms with van der Waals surface area (Å²) in [6.45, 7) is 4.04. The van der Waals surface area contributed by atoms with Crippen molar-refractivity contribution >= 4 is 29.1 Å². The minimum Gasteiger partial charge on any atom is -0.350 e. The molecule has 0 fully saturated rings. The van der Waals surface area contributed by atoms with E-state index >= 15 is 0 Å². The van der Waals surface area contributed by atoms with Gasteiger partial charge < -0.3 is 11.1 Å². The molecule has 16 heavy (non-hydrogen) atoms. The van der Waals surface area contributed by atoms with Crippen molar-refractivity contribution in [2.24, 2.45) is 5.73 Å². The number of hydrogen-bond donors (Lipinski definition) is 2. The van der Waals surface area contributed by atoms with Gasteiger partial charge in [-0.05, 0) is 32.0 Å². The van der Waals surface area contributed by atoms with Crippen LogP contribution < -0.4 is 11.1 Å². The maximum Gasteiger partial charge on any atom is 0.252 e. The summed E-state index contributed by atoms with van der Waals surface area (Å²) >= 11 is 11.6. The van der Waals surface area contributed by atoms with E-state index in [4.69, 9.17) is 28.9 Å². The van der Waals surface area contributed by atoms with E-state index < -0.39 is 5.54 Å². The molecular weight excluding hydrogens is 247 g/mol. The zero-order valence-corrected chi connectivity index (χ0v) is 10.7. The summed E-state index contributed by atoms with van der Waals surface area (Å²) in [5.41, 5.74) is 5.70. The fraction of sp³-hybridized carbons (Fsp3) is 0.364. The minimum absolute atomic E-state index is 0.250. The number of halogens is 2. The van der Waals surface area contributed by atoms with Crippen molar-refractivity contribution in [3.05, 3.63) is 33.8 Å². The average Bonchev–Trinajstić information content (AvgIpc) is 2.13. The maximum absolute atomic E-state index is 11.7. The molecule has 0 unspecified atom stereocenters. The lowest BCUT2D eigenvalue weighted by atomic mass is 10.1. The van der Waals surface area contributed by atoms with E-state index in [0.29, 0.717) is 22.2 Å². The van der Waals surface area contributed by atoms with Gasteiger partial charge in [0.2, 0.25) is 0 Å². The summed E-state index contributed by atoms with van der Waals surface area (Å²) in [7, 11) is 0. The molecule has 3 nitrogen and oxygen atoms in total. The number of nitrogens with one attached hydrogen (secondary N) is 1. The fourth-order valence-corrected chi connectivity index (χ4v) is 1.57. The molecule has 1 amide bonds. The van der Waals surface area contributed by atoms with Gasteiger partial charge in [0.05, 0.1) is 10.6 Å². The van der Waals surface area contributed by atoms with Gasteiger partial charge in [-0.2, -0.15) is 0 Å². The lowest BCUT2D eigenvalue weighted by Gasteiger charge is -2.19. The van der Waals surface area contributed by atoms with Gasteiger partial charge in [0.15, 0.2) is 0 Å². The van der Waals surface area contributed by atoms with Gasteiger partial charge in [-0.25, -0.2) is 0 Å². The molecule has 0 bridgehead atoms. The molecule has 0 atom stereocenters. The molecule has 0 aliphatic rings. The smallest absolute Gasteiger partial charge is 0.252 e. The molecule has 0 spiro atoms. The summed E-state index contributed by atoms with van der Waals surface area (Å²) in [5.74, 6) is -0.250. The summed E-state index contributed by atoms with van der Waals surface area (Å²) in [6.07, 6.45) is 0. The summed E-state index contributed by atoms with van der Waals surface area (Å²) in [4.78, 5) is 11.7. The Labute approximate surface area is 105 Å². The highest BCUT2D eigenvalue weighted by atomic mass is 35.5. The molecule has 3 N–H and O–H groups in total. The highest BCUT2D eigenvalue weighted by Crippen LogP contribution is 2.20. The van der Waals surface area contributed by atoms with E-state index in [0.717, 1.165) is 0 Å². The standard InChI is InChI=1S/C11H14Cl2N2O/c1-11(2,14)6-15-10(16)8-4-3-7(12)5-9(8)13/h3-5H,6,14H2,1-2H3,(H,15,16). The molecule has 88 valence electrons. The Morgan fingerprint density at radius 1 is 1.44 bits per heavy atom. The number of amides is 1. The van der Waals surface area contributed by atoms with E-state index in [1.54, 1.807) is 12.1 Å². The van der Waals surface area contributed by atoms with Crippen molar-refractivity contribution < 1.29 is 4.79 Å². The SMILES string of the molecule is CC(C)(N)CNC(=O)c1ccc(Cl)cc1Cl. The Morgan fingerprint density at radius 2 is 2.06 bits per heavy atom. The van der Waals surface area contributed by atoms with Crippen molar-refractivity contribution in [3.8, 4) is 0 Å². The Kier molecular flexibility index (Phi) is 4.19. The summed E-state index contributed by atoms with van der Waals surface area (Å²) in [6, 6.07) is 4.74. The molecule has 5 heteroatoms. The Bertz CT molecular complexity index is 399. The molecule has 0 heterocycles. The molecule has 0 aliphatic carbocycles. The molecular formula is C11H14Cl2N2O. The highest BCUT2D eigenvalue weighted by molar-refractivity contribution is 6.36. The third kappa shape index (κ3) is 4.00. The molecule has 1 aromatic rings. The normalized spacial score (nSPS) is 11.3. The van der Waals surface area contributed by atoms with E-state index in [-0.39, 0.29) is 5.91 Å². The largest absolute Gasteiger partial charge is 0.350 e. The second-order valence-electron chi connectivity index (χ2n) is 4.30. The zero-order valence-electron chi connectivity index (χ0n) is 9.18. The molecule has 1 aromatic carbocycles. The Balaban J connectivity index is 2.74. The first-order valence-electron chi connectivity index (χ1n) is 4.82.